The van der Waals surface area contributed by atoms with Gasteiger partial charge < -0.3 is 9.63 Å². The number of hydrogen-bond acceptors (Lipinski definition) is 4. The summed E-state index contributed by atoms with van der Waals surface area (Å²) in [4.78, 5) is 10.7. The van der Waals surface area contributed by atoms with Gasteiger partial charge in [0.1, 0.15) is 12.3 Å². The van der Waals surface area contributed by atoms with Crippen LogP contribution in [0.3, 0.4) is 0 Å². The first-order valence-corrected chi connectivity index (χ1v) is 4.59. The number of hydrogen-bond donors (Lipinski definition) is 2. The summed E-state index contributed by atoms with van der Waals surface area (Å²) in [6.07, 6.45) is 2.92. The Bertz CT molecular complexity index is 272. The second-order valence-electron chi connectivity index (χ2n) is 3.05. The Hall–Kier alpha value is -1.36. The molecule has 0 aliphatic carbocycles. The molecule has 0 fully saturated rings. The molecule has 0 aromatic carbocycles. The van der Waals surface area contributed by atoms with Crippen LogP contribution in [0, 0.1) is 0 Å². The number of carbonyl (C=O) groups is 1. The lowest BCUT2D eigenvalue weighted by Crippen LogP contribution is -2.36. The maximum absolute atomic E-state index is 10.7. The highest BCUT2D eigenvalue weighted by atomic mass is 16.5. The molecule has 0 aliphatic heterocycles. The Morgan fingerprint density at radius 3 is 3.07 bits per heavy atom. The number of rotatable bonds is 6. The van der Waals surface area contributed by atoms with Crippen molar-refractivity contribution in [1.29, 1.82) is 0 Å². The number of aromatic nitrogens is 1. The first kappa shape index (κ1) is 10.7. The molecular formula is C9H14N2O3. The van der Waals surface area contributed by atoms with E-state index >= 15 is 0 Å². The van der Waals surface area contributed by atoms with Gasteiger partial charge in [-0.1, -0.05) is 18.5 Å². The summed E-state index contributed by atoms with van der Waals surface area (Å²) in [6, 6.07) is 1.20. The molecule has 1 heterocycles. The lowest BCUT2D eigenvalue weighted by Gasteiger charge is -2.11. The average Bonchev–Trinajstić information content (AvgIpc) is 2.64. The predicted octanol–water partition coefficient (Wildman–Crippen LogP) is 1.02. The minimum absolute atomic E-state index is 0.424. The molecule has 0 aliphatic rings. The van der Waals surface area contributed by atoms with E-state index in [4.69, 9.17) is 5.11 Å². The van der Waals surface area contributed by atoms with Crippen molar-refractivity contribution >= 4 is 5.97 Å². The van der Waals surface area contributed by atoms with E-state index in [0.29, 0.717) is 18.7 Å². The summed E-state index contributed by atoms with van der Waals surface area (Å²) in [5.74, 6) is -0.824. The monoisotopic (exact) mass is 198 g/mol. The molecule has 1 rings (SSSR count). The van der Waals surface area contributed by atoms with Crippen LogP contribution in [-0.4, -0.2) is 22.3 Å². The van der Waals surface area contributed by atoms with Crippen LogP contribution in [0.1, 0.15) is 25.5 Å². The number of nitrogens with one attached hydrogen (secondary N) is 1. The topological polar surface area (TPSA) is 75.4 Å². The van der Waals surface area contributed by atoms with E-state index in [0.717, 1.165) is 6.42 Å². The van der Waals surface area contributed by atoms with Crippen molar-refractivity contribution in [2.45, 2.75) is 32.4 Å². The molecule has 0 spiro atoms. The Morgan fingerprint density at radius 1 is 1.79 bits per heavy atom. The number of nitrogens with zero attached hydrogens (tertiary/aromatic N) is 1. The van der Waals surface area contributed by atoms with Crippen LogP contribution in [0.2, 0.25) is 0 Å². The number of carboxylic acids is 1. The molecule has 1 aromatic heterocycles. The van der Waals surface area contributed by atoms with Gasteiger partial charge in [0.15, 0.2) is 0 Å². The van der Waals surface area contributed by atoms with E-state index in [9.17, 15) is 4.79 Å². The van der Waals surface area contributed by atoms with Gasteiger partial charge in [0, 0.05) is 12.6 Å². The van der Waals surface area contributed by atoms with Crippen LogP contribution in [0.5, 0.6) is 0 Å². The van der Waals surface area contributed by atoms with Gasteiger partial charge in [-0.25, -0.2) is 0 Å². The molecule has 1 atom stereocenters. The van der Waals surface area contributed by atoms with Crippen LogP contribution in [-0.2, 0) is 11.3 Å². The molecule has 0 amide bonds. The lowest BCUT2D eigenvalue weighted by atomic mass is 10.1. The van der Waals surface area contributed by atoms with Crippen LogP contribution < -0.4 is 5.32 Å². The molecule has 2 N–H and O–H groups in total. The Balaban J connectivity index is 2.37. The Labute approximate surface area is 82.1 Å². The third kappa shape index (κ3) is 3.18. The van der Waals surface area contributed by atoms with E-state index in [-0.39, 0.29) is 0 Å². The van der Waals surface area contributed by atoms with Gasteiger partial charge in [-0.15, -0.1) is 0 Å². The van der Waals surface area contributed by atoms with E-state index < -0.39 is 12.0 Å². The van der Waals surface area contributed by atoms with Gasteiger partial charge in [0.2, 0.25) is 0 Å². The fraction of sp³-hybridized carbons (Fsp3) is 0.556. The SMILES string of the molecule is CCCC(NCc1ccon1)C(=O)O. The van der Waals surface area contributed by atoms with Gasteiger partial charge in [0.05, 0.1) is 5.69 Å². The average molecular weight is 198 g/mol. The zero-order valence-corrected chi connectivity index (χ0v) is 8.06. The molecule has 1 unspecified atom stereocenters. The molecule has 1 aromatic rings. The Morgan fingerprint density at radius 2 is 2.57 bits per heavy atom. The number of carboxylic acid groups (broad SMARTS) is 1. The van der Waals surface area contributed by atoms with E-state index in [1.54, 1.807) is 6.07 Å². The van der Waals surface area contributed by atoms with E-state index in [2.05, 4.69) is 15.0 Å². The third-order valence-electron chi connectivity index (χ3n) is 1.90. The van der Waals surface area contributed by atoms with Crippen molar-refractivity contribution in [3.8, 4) is 0 Å². The van der Waals surface area contributed by atoms with Crippen molar-refractivity contribution in [2.75, 3.05) is 0 Å². The van der Waals surface area contributed by atoms with Crippen molar-refractivity contribution < 1.29 is 14.4 Å². The molecule has 78 valence electrons. The maximum atomic E-state index is 10.7. The van der Waals surface area contributed by atoms with Crippen LogP contribution >= 0.6 is 0 Å². The first-order valence-electron chi connectivity index (χ1n) is 4.59. The molecule has 0 saturated carbocycles. The van der Waals surface area contributed by atoms with Crippen molar-refractivity contribution in [3.05, 3.63) is 18.0 Å². The number of aliphatic carboxylic acids is 1. The van der Waals surface area contributed by atoms with Gasteiger partial charge in [0.25, 0.3) is 0 Å². The smallest absolute Gasteiger partial charge is 0.320 e. The molecule has 0 bridgehead atoms. The summed E-state index contributed by atoms with van der Waals surface area (Å²) in [5.41, 5.74) is 0.715. The van der Waals surface area contributed by atoms with Crippen LogP contribution in [0.4, 0.5) is 0 Å². The lowest BCUT2D eigenvalue weighted by molar-refractivity contribution is -0.139. The highest BCUT2D eigenvalue weighted by molar-refractivity contribution is 5.73. The third-order valence-corrected chi connectivity index (χ3v) is 1.90. The minimum atomic E-state index is -0.824. The van der Waals surface area contributed by atoms with Crippen molar-refractivity contribution in [1.82, 2.24) is 10.5 Å². The van der Waals surface area contributed by atoms with Crippen LogP contribution in [0.15, 0.2) is 16.9 Å². The van der Waals surface area contributed by atoms with Crippen molar-refractivity contribution in [3.63, 3.8) is 0 Å². The summed E-state index contributed by atoms with van der Waals surface area (Å²) < 4.78 is 4.63. The summed E-state index contributed by atoms with van der Waals surface area (Å²) in [5, 5.41) is 15.4. The molecule has 0 saturated heterocycles. The van der Waals surface area contributed by atoms with Crippen LogP contribution in [0.25, 0.3) is 0 Å². The molecule has 5 heteroatoms. The molecule has 5 nitrogen and oxygen atoms in total. The Kier molecular flexibility index (Phi) is 4.12. The largest absolute Gasteiger partial charge is 0.480 e. The zero-order chi connectivity index (χ0) is 10.4. The summed E-state index contributed by atoms with van der Waals surface area (Å²) >= 11 is 0. The van der Waals surface area contributed by atoms with E-state index in [1.807, 2.05) is 6.92 Å². The van der Waals surface area contributed by atoms with Gasteiger partial charge in [-0.05, 0) is 6.42 Å². The molecule has 0 radical (unpaired) electrons. The molecule has 14 heavy (non-hydrogen) atoms. The summed E-state index contributed by atoms with van der Waals surface area (Å²) in [6.45, 7) is 2.38. The molecular weight excluding hydrogens is 184 g/mol. The van der Waals surface area contributed by atoms with Crippen molar-refractivity contribution in [2.24, 2.45) is 0 Å². The van der Waals surface area contributed by atoms with Gasteiger partial charge in [-0.2, -0.15) is 0 Å². The predicted molar refractivity (Wildman–Crippen MR) is 49.7 cm³/mol. The highest BCUT2D eigenvalue weighted by Gasteiger charge is 2.15. The minimum Gasteiger partial charge on any atom is -0.480 e. The highest BCUT2D eigenvalue weighted by Crippen LogP contribution is 1.99. The zero-order valence-electron chi connectivity index (χ0n) is 8.06. The fourth-order valence-electron chi connectivity index (χ4n) is 1.16. The maximum Gasteiger partial charge on any atom is 0.320 e. The second kappa shape index (κ2) is 5.39. The summed E-state index contributed by atoms with van der Waals surface area (Å²) in [7, 11) is 0. The normalized spacial score (nSPS) is 12.6. The second-order valence-corrected chi connectivity index (χ2v) is 3.05. The first-order chi connectivity index (χ1) is 6.74. The van der Waals surface area contributed by atoms with Gasteiger partial charge >= 0.3 is 5.97 Å². The van der Waals surface area contributed by atoms with Gasteiger partial charge in [-0.3, -0.25) is 10.1 Å². The van der Waals surface area contributed by atoms with E-state index in [1.165, 1.54) is 6.26 Å². The quantitative estimate of drug-likeness (QED) is 0.713. The fourth-order valence-corrected chi connectivity index (χ4v) is 1.16. The standard InChI is InChI=1S/C9H14N2O3/c1-2-3-8(9(12)13)10-6-7-4-5-14-11-7/h4-5,8,10H,2-3,6H2,1H3,(H,12,13).